The van der Waals surface area contributed by atoms with E-state index in [4.69, 9.17) is 16.3 Å². The zero-order valence-electron chi connectivity index (χ0n) is 13.6. The van der Waals surface area contributed by atoms with Crippen molar-refractivity contribution in [3.05, 3.63) is 70.7 Å². The van der Waals surface area contributed by atoms with E-state index >= 15 is 0 Å². The van der Waals surface area contributed by atoms with Gasteiger partial charge in [0.05, 0.1) is 0 Å². The molecule has 0 amide bonds. The maximum absolute atomic E-state index is 11.7. The average molecular weight is 341 g/mol. The molecular formula is C21H21ClO2. The van der Waals surface area contributed by atoms with Crippen LogP contribution in [-0.4, -0.2) is 5.97 Å². The first-order valence-corrected chi connectivity index (χ1v) is 8.56. The van der Waals surface area contributed by atoms with Crippen molar-refractivity contribution in [2.45, 2.75) is 38.7 Å². The van der Waals surface area contributed by atoms with Crippen LogP contribution >= 0.6 is 11.6 Å². The van der Waals surface area contributed by atoms with Crippen molar-refractivity contribution in [2.24, 2.45) is 0 Å². The third-order valence-electron chi connectivity index (χ3n) is 3.48. The Kier molecular flexibility index (Phi) is 7.93. The highest BCUT2D eigenvalue weighted by Crippen LogP contribution is 2.10. The number of carbonyl (C=O) groups excluding carboxylic acids is 1. The highest BCUT2D eigenvalue weighted by atomic mass is 35.5. The molecule has 24 heavy (non-hydrogen) atoms. The van der Waals surface area contributed by atoms with Crippen molar-refractivity contribution in [3.63, 3.8) is 0 Å². The predicted molar refractivity (Wildman–Crippen MR) is 97.7 cm³/mol. The Balaban J connectivity index is 1.54. The minimum absolute atomic E-state index is 0.135. The van der Waals surface area contributed by atoms with Crippen LogP contribution in [0.1, 0.15) is 43.2 Å². The maximum atomic E-state index is 11.7. The second-order valence-corrected chi connectivity index (χ2v) is 5.96. The number of halogens is 1. The van der Waals surface area contributed by atoms with Gasteiger partial charge in [-0.15, -0.1) is 0 Å². The molecule has 0 unspecified atom stereocenters. The summed E-state index contributed by atoms with van der Waals surface area (Å²) < 4.78 is 5.25. The highest BCUT2D eigenvalue weighted by Gasteiger charge is 2.02. The van der Waals surface area contributed by atoms with Crippen LogP contribution in [0.25, 0.3) is 0 Å². The normalized spacial score (nSPS) is 9.88. The topological polar surface area (TPSA) is 26.3 Å². The number of carbonyl (C=O) groups is 1. The fourth-order valence-electron chi connectivity index (χ4n) is 2.20. The predicted octanol–water partition coefficient (Wildman–Crippen LogP) is 5.39. The summed E-state index contributed by atoms with van der Waals surface area (Å²) in [6, 6.07) is 17.3. The molecule has 0 spiro atoms. The van der Waals surface area contributed by atoms with Crippen LogP contribution in [0, 0.1) is 11.8 Å². The Morgan fingerprint density at radius 3 is 2.62 bits per heavy atom. The van der Waals surface area contributed by atoms with Gasteiger partial charge in [0, 0.05) is 23.4 Å². The SMILES string of the molecule is O=C(CCCCCC#Cc1cccc(Cl)c1)OCc1ccccc1. The molecule has 0 aliphatic heterocycles. The molecular weight excluding hydrogens is 320 g/mol. The second kappa shape index (κ2) is 10.5. The van der Waals surface area contributed by atoms with Crippen LogP contribution in [0.4, 0.5) is 0 Å². The zero-order valence-corrected chi connectivity index (χ0v) is 14.4. The molecule has 2 aromatic rings. The minimum atomic E-state index is -0.135. The van der Waals surface area contributed by atoms with Crippen molar-refractivity contribution in [3.8, 4) is 11.8 Å². The van der Waals surface area contributed by atoms with Gasteiger partial charge in [0.1, 0.15) is 6.61 Å². The number of benzene rings is 2. The van der Waals surface area contributed by atoms with Gasteiger partial charge in [-0.25, -0.2) is 0 Å². The average Bonchev–Trinajstić information content (AvgIpc) is 2.60. The van der Waals surface area contributed by atoms with Crippen molar-refractivity contribution >= 4 is 17.6 Å². The summed E-state index contributed by atoms with van der Waals surface area (Å²) in [6.07, 6.45) is 4.09. The molecule has 0 fully saturated rings. The lowest BCUT2D eigenvalue weighted by atomic mass is 10.1. The monoisotopic (exact) mass is 340 g/mol. The van der Waals surface area contributed by atoms with Crippen LogP contribution in [0.5, 0.6) is 0 Å². The smallest absolute Gasteiger partial charge is 0.306 e. The van der Waals surface area contributed by atoms with Gasteiger partial charge in [-0.3, -0.25) is 4.79 Å². The molecule has 2 rings (SSSR count). The van der Waals surface area contributed by atoms with E-state index in [0.29, 0.717) is 18.1 Å². The fraction of sp³-hybridized carbons (Fsp3) is 0.286. The van der Waals surface area contributed by atoms with Crippen molar-refractivity contribution in [2.75, 3.05) is 0 Å². The highest BCUT2D eigenvalue weighted by molar-refractivity contribution is 6.30. The number of hydrogen-bond acceptors (Lipinski definition) is 2. The fourth-order valence-corrected chi connectivity index (χ4v) is 2.39. The molecule has 0 saturated heterocycles. The van der Waals surface area contributed by atoms with Crippen LogP contribution in [0.2, 0.25) is 5.02 Å². The van der Waals surface area contributed by atoms with E-state index in [1.165, 1.54) is 0 Å². The Labute approximate surface area is 148 Å². The number of hydrogen-bond donors (Lipinski definition) is 0. The van der Waals surface area contributed by atoms with Gasteiger partial charge in [0.25, 0.3) is 0 Å². The summed E-state index contributed by atoms with van der Waals surface area (Å²) in [5, 5.41) is 0.704. The summed E-state index contributed by atoms with van der Waals surface area (Å²) in [4.78, 5) is 11.7. The largest absolute Gasteiger partial charge is 0.461 e. The third kappa shape index (κ3) is 7.35. The summed E-state index contributed by atoms with van der Waals surface area (Å²) in [6.45, 7) is 0.352. The minimum Gasteiger partial charge on any atom is -0.461 e. The van der Waals surface area contributed by atoms with Gasteiger partial charge in [-0.1, -0.05) is 66.3 Å². The van der Waals surface area contributed by atoms with E-state index in [2.05, 4.69) is 11.8 Å². The molecule has 124 valence electrons. The zero-order chi connectivity index (χ0) is 17.0. The third-order valence-corrected chi connectivity index (χ3v) is 3.72. The van der Waals surface area contributed by atoms with E-state index in [-0.39, 0.29) is 5.97 Å². The summed E-state index contributed by atoms with van der Waals surface area (Å²) in [5.41, 5.74) is 1.95. The Morgan fingerprint density at radius 1 is 1.00 bits per heavy atom. The number of unbranched alkanes of at least 4 members (excludes halogenated alkanes) is 3. The lowest BCUT2D eigenvalue weighted by molar-refractivity contribution is -0.145. The van der Waals surface area contributed by atoms with Crippen LogP contribution < -0.4 is 0 Å². The maximum Gasteiger partial charge on any atom is 0.306 e. The van der Waals surface area contributed by atoms with Gasteiger partial charge in [-0.2, -0.15) is 0 Å². The first kappa shape index (κ1) is 18.1. The van der Waals surface area contributed by atoms with E-state index < -0.39 is 0 Å². The van der Waals surface area contributed by atoms with E-state index in [1.54, 1.807) is 0 Å². The lowest BCUT2D eigenvalue weighted by Gasteiger charge is -2.04. The van der Waals surface area contributed by atoms with Gasteiger partial charge in [-0.05, 0) is 36.6 Å². The van der Waals surface area contributed by atoms with Crippen molar-refractivity contribution in [1.82, 2.24) is 0 Å². The van der Waals surface area contributed by atoms with Crippen molar-refractivity contribution < 1.29 is 9.53 Å². The number of rotatable bonds is 7. The molecule has 0 N–H and O–H groups in total. The summed E-state index contributed by atoms with van der Waals surface area (Å²) in [5.74, 6) is 6.10. The van der Waals surface area contributed by atoms with E-state index in [0.717, 1.165) is 36.8 Å². The molecule has 0 radical (unpaired) electrons. The molecule has 0 aliphatic rings. The van der Waals surface area contributed by atoms with Gasteiger partial charge >= 0.3 is 5.97 Å². The Hall–Kier alpha value is -2.24. The standard InChI is InChI=1S/C21H21ClO2/c22-20-14-9-13-18(16-20)10-5-2-1-3-8-15-21(23)24-17-19-11-6-4-7-12-19/h4,6-7,9,11-14,16H,1-3,8,15,17H2. The quantitative estimate of drug-likeness (QED) is 0.384. The molecule has 0 atom stereocenters. The molecule has 2 nitrogen and oxygen atoms in total. The second-order valence-electron chi connectivity index (χ2n) is 5.52. The molecule has 2 aromatic carbocycles. The first-order chi connectivity index (χ1) is 11.7. The number of esters is 1. The van der Waals surface area contributed by atoms with Crippen LogP contribution in [-0.2, 0) is 16.1 Å². The Morgan fingerprint density at radius 2 is 1.83 bits per heavy atom. The van der Waals surface area contributed by atoms with E-state index in [9.17, 15) is 4.79 Å². The molecule has 0 aliphatic carbocycles. The van der Waals surface area contributed by atoms with Crippen LogP contribution in [0.15, 0.2) is 54.6 Å². The Bertz CT molecular complexity index is 699. The molecule has 0 saturated carbocycles. The van der Waals surface area contributed by atoms with Crippen molar-refractivity contribution in [1.29, 1.82) is 0 Å². The number of ether oxygens (including phenoxy) is 1. The lowest BCUT2D eigenvalue weighted by Crippen LogP contribution is -2.04. The van der Waals surface area contributed by atoms with Crippen LogP contribution in [0.3, 0.4) is 0 Å². The first-order valence-electron chi connectivity index (χ1n) is 8.18. The summed E-state index contributed by atoms with van der Waals surface area (Å²) >= 11 is 5.91. The molecule has 0 bridgehead atoms. The van der Waals surface area contributed by atoms with E-state index in [1.807, 2.05) is 54.6 Å². The molecule has 0 heterocycles. The van der Waals surface area contributed by atoms with Gasteiger partial charge in [0.15, 0.2) is 0 Å². The van der Waals surface area contributed by atoms with Gasteiger partial charge in [0.2, 0.25) is 0 Å². The molecule has 0 aromatic heterocycles. The molecule has 3 heteroatoms. The summed E-state index contributed by atoms with van der Waals surface area (Å²) in [7, 11) is 0. The van der Waals surface area contributed by atoms with Gasteiger partial charge < -0.3 is 4.74 Å².